The number of carbonyl (C=O) groups is 4. The topological polar surface area (TPSA) is 133 Å². The SMILES string of the molecule is CC(=O)NC(CCC(=O)O)C(=O)N=C(C)CC(=O)O. The van der Waals surface area contributed by atoms with Gasteiger partial charge in [0.15, 0.2) is 0 Å². The van der Waals surface area contributed by atoms with E-state index >= 15 is 0 Å². The summed E-state index contributed by atoms with van der Waals surface area (Å²) in [7, 11) is 0. The Morgan fingerprint density at radius 1 is 1.11 bits per heavy atom. The zero-order valence-electron chi connectivity index (χ0n) is 10.7. The molecule has 8 heteroatoms. The first-order valence-corrected chi connectivity index (χ1v) is 5.51. The first-order chi connectivity index (χ1) is 8.72. The highest BCUT2D eigenvalue weighted by atomic mass is 16.4. The standard InChI is InChI=1S/C11H16N2O6/c1-6(5-10(17)18)12-11(19)8(13-7(2)14)3-4-9(15)16/h8H,3-5H2,1-2H3,(H,13,14)(H,15,16)(H,17,18). The van der Waals surface area contributed by atoms with E-state index in [4.69, 9.17) is 10.2 Å². The van der Waals surface area contributed by atoms with Gasteiger partial charge < -0.3 is 15.5 Å². The Bertz CT molecular complexity index is 415. The number of nitrogens with zero attached hydrogens (tertiary/aromatic N) is 1. The summed E-state index contributed by atoms with van der Waals surface area (Å²) in [5.41, 5.74) is 0.0863. The Morgan fingerprint density at radius 3 is 2.11 bits per heavy atom. The van der Waals surface area contributed by atoms with E-state index in [0.29, 0.717) is 0 Å². The summed E-state index contributed by atoms with van der Waals surface area (Å²) >= 11 is 0. The van der Waals surface area contributed by atoms with E-state index in [2.05, 4.69) is 10.3 Å². The summed E-state index contributed by atoms with van der Waals surface area (Å²) in [4.78, 5) is 47.0. The number of amides is 2. The minimum absolute atomic E-state index is 0.0863. The molecule has 0 radical (unpaired) electrons. The molecule has 0 aliphatic carbocycles. The van der Waals surface area contributed by atoms with Gasteiger partial charge in [-0.15, -0.1) is 0 Å². The van der Waals surface area contributed by atoms with Gasteiger partial charge in [0.1, 0.15) is 6.04 Å². The third kappa shape index (κ3) is 8.47. The third-order valence-electron chi connectivity index (χ3n) is 2.03. The molecule has 0 aromatic carbocycles. The summed E-state index contributed by atoms with van der Waals surface area (Å²) in [5.74, 6) is -3.48. The molecule has 3 N–H and O–H groups in total. The maximum absolute atomic E-state index is 11.7. The summed E-state index contributed by atoms with van der Waals surface area (Å²) < 4.78 is 0. The molecule has 0 rings (SSSR count). The molecule has 0 aliphatic rings. The Balaban J connectivity index is 4.74. The average molecular weight is 272 g/mol. The van der Waals surface area contributed by atoms with Gasteiger partial charge in [0, 0.05) is 19.1 Å². The van der Waals surface area contributed by atoms with Crippen molar-refractivity contribution >= 4 is 29.5 Å². The first-order valence-electron chi connectivity index (χ1n) is 5.51. The summed E-state index contributed by atoms with van der Waals surface area (Å²) in [6, 6.07) is -1.06. The van der Waals surface area contributed by atoms with Crippen molar-refractivity contribution in [2.75, 3.05) is 0 Å². The monoisotopic (exact) mass is 272 g/mol. The largest absolute Gasteiger partial charge is 0.481 e. The molecule has 0 saturated heterocycles. The molecule has 0 heterocycles. The van der Waals surface area contributed by atoms with Crippen LogP contribution >= 0.6 is 0 Å². The van der Waals surface area contributed by atoms with Crippen LogP contribution in [0.5, 0.6) is 0 Å². The quantitative estimate of drug-likeness (QED) is 0.550. The van der Waals surface area contributed by atoms with Gasteiger partial charge in [0.25, 0.3) is 5.91 Å². The number of carbonyl (C=O) groups excluding carboxylic acids is 2. The van der Waals surface area contributed by atoms with Crippen LogP contribution in [0.15, 0.2) is 4.99 Å². The maximum atomic E-state index is 11.7. The van der Waals surface area contributed by atoms with E-state index in [9.17, 15) is 19.2 Å². The number of aliphatic carboxylic acids is 2. The van der Waals surface area contributed by atoms with Crippen molar-refractivity contribution in [3.8, 4) is 0 Å². The number of rotatable bonds is 7. The highest BCUT2D eigenvalue weighted by molar-refractivity contribution is 6.04. The number of carboxylic acid groups (broad SMARTS) is 2. The van der Waals surface area contributed by atoms with E-state index in [0.717, 1.165) is 0 Å². The van der Waals surface area contributed by atoms with Crippen LogP contribution in [0.2, 0.25) is 0 Å². The molecule has 0 spiro atoms. The molecule has 0 saturated carbocycles. The van der Waals surface area contributed by atoms with Gasteiger partial charge in [-0.25, -0.2) is 4.99 Å². The van der Waals surface area contributed by atoms with Crippen molar-refractivity contribution in [3.05, 3.63) is 0 Å². The minimum atomic E-state index is -1.13. The molecule has 0 fully saturated rings. The Morgan fingerprint density at radius 2 is 1.68 bits per heavy atom. The second kappa shape index (κ2) is 7.96. The molecule has 106 valence electrons. The molecule has 2 amide bonds. The fourth-order valence-electron chi connectivity index (χ4n) is 1.29. The first kappa shape index (κ1) is 16.8. The zero-order valence-corrected chi connectivity index (χ0v) is 10.7. The summed E-state index contributed by atoms with van der Waals surface area (Å²) in [6.45, 7) is 2.56. The lowest BCUT2D eigenvalue weighted by Crippen LogP contribution is -2.39. The lowest BCUT2D eigenvalue weighted by molar-refractivity contribution is -0.138. The Kier molecular flexibility index (Phi) is 7.02. The van der Waals surface area contributed by atoms with Crippen LogP contribution in [0, 0.1) is 0 Å². The van der Waals surface area contributed by atoms with Gasteiger partial charge in [0.2, 0.25) is 5.91 Å². The van der Waals surface area contributed by atoms with Crippen molar-refractivity contribution in [1.29, 1.82) is 0 Å². The third-order valence-corrected chi connectivity index (χ3v) is 2.03. The molecule has 0 aromatic heterocycles. The fraction of sp³-hybridized carbons (Fsp3) is 0.545. The summed E-state index contributed by atoms with van der Waals surface area (Å²) in [5, 5.41) is 19.3. The van der Waals surface area contributed by atoms with Crippen LogP contribution in [-0.4, -0.2) is 45.7 Å². The predicted octanol–water partition coefficient (Wildman–Crippen LogP) is -0.182. The van der Waals surface area contributed by atoms with Crippen LogP contribution in [0.4, 0.5) is 0 Å². The van der Waals surface area contributed by atoms with Crippen LogP contribution in [-0.2, 0) is 19.2 Å². The van der Waals surface area contributed by atoms with Crippen LogP contribution in [0.25, 0.3) is 0 Å². The molecule has 8 nitrogen and oxygen atoms in total. The van der Waals surface area contributed by atoms with Crippen molar-refractivity contribution in [1.82, 2.24) is 5.32 Å². The normalized spacial score (nSPS) is 12.6. The predicted molar refractivity (Wildman–Crippen MR) is 64.8 cm³/mol. The second-order valence-corrected chi connectivity index (χ2v) is 3.94. The van der Waals surface area contributed by atoms with E-state index in [1.165, 1.54) is 13.8 Å². The van der Waals surface area contributed by atoms with E-state index < -0.39 is 36.2 Å². The van der Waals surface area contributed by atoms with Crippen LogP contribution < -0.4 is 5.32 Å². The smallest absolute Gasteiger partial charge is 0.309 e. The number of hydrogen-bond donors (Lipinski definition) is 3. The Labute approximate surface area is 109 Å². The molecule has 1 atom stereocenters. The van der Waals surface area contributed by atoms with Gasteiger partial charge in [-0.2, -0.15) is 0 Å². The number of nitrogens with one attached hydrogen (secondary N) is 1. The van der Waals surface area contributed by atoms with Crippen molar-refractivity contribution in [3.63, 3.8) is 0 Å². The van der Waals surface area contributed by atoms with Gasteiger partial charge in [-0.05, 0) is 13.3 Å². The lowest BCUT2D eigenvalue weighted by Gasteiger charge is -2.13. The molecule has 0 aromatic rings. The molecule has 19 heavy (non-hydrogen) atoms. The van der Waals surface area contributed by atoms with Crippen molar-refractivity contribution in [2.45, 2.75) is 39.2 Å². The second-order valence-electron chi connectivity index (χ2n) is 3.94. The summed E-state index contributed by atoms with van der Waals surface area (Å²) in [6.07, 6.45) is -0.792. The number of aliphatic imine (C=N–C) groups is 1. The Hall–Kier alpha value is -2.25. The molecule has 0 bridgehead atoms. The molecule has 1 unspecified atom stereocenters. The van der Waals surface area contributed by atoms with E-state index in [1.807, 2.05) is 0 Å². The van der Waals surface area contributed by atoms with Gasteiger partial charge in [-0.3, -0.25) is 19.2 Å². The zero-order chi connectivity index (χ0) is 15.0. The van der Waals surface area contributed by atoms with E-state index in [1.54, 1.807) is 0 Å². The molecule has 0 aliphatic heterocycles. The van der Waals surface area contributed by atoms with Crippen LogP contribution in [0.3, 0.4) is 0 Å². The maximum Gasteiger partial charge on any atom is 0.309 e. The van der Waals surface area contributed by atoms with Gasteiger partial charge >= 0.3 is 11.9 Å². The number of hydrogen-bond acceptors (Lipinski definition) is 4. The fourth-order valence-corrected chi connectivity index (χ4v) is 1.29. The molecular weight excluding hydrogens is 256 g/mol. The van der Waals surface area contributed by atoms with Gasteiger partial charge in [-0.1, -0.05) is 0 Å². The van der Waals surface area contributed by atoms with E-state index in [-0.39, 0.29) is 18.6 Å². The van der Waals surface area contributed by atoms with Crippen molar-refractivity contribution < 1.29 is 29.4 Å². The van der Waals surface area contributed by atoms with Crippen LogP contribution in [0.1, 0.15) is 33.1 Å². The highest BCUT2D eigenvalue weighted by Crippen LogP contribution is 2.02. The van der Waals surface area contributed by atoms with Crippen molar-refractivity contribution in [2.24, 2.45) is 4.99 Å². The molecular formula is C11H16N2O6. The lowest BCUT2D eigenvalue weighted by atomic mass is 10.1. The van der Waals surface area contributed by atoms with Gasteiger partial charge in [0.05, 0.1) is 6.42 Å². The average Bonchev–Trinajstić information content (AvgIpc) is 2.21. The minimum Gasteiger partial charge on any atom is -0.481 e. The highest BCUT2D eigenvalue weighted by Gasteiger charge is 2.20. The number of carboxylic acids is 2.